The van der Waals surface area contributed by atoms with Gasteiger partial charge in [-0.1, -0.05) is 0 Å². The lowest BCUT2D eigenvalue weighted by Crippen LogP contribution is -2.38. The molecule has 3 rings (SSSR count). The molecule has 0 spiro atoms. The van der Waals surface area contributed by atoms with E-state index in [1.807, 2.05) is 0 Å². The second-order valence-corrected chi connectivity index (χ2v) is 8.38. The lowest BCUT2D eigenvalue weighted by atomic mass is 10.2. The standard InChI is InChI=1S/C22H21N3O6S/c1-30-19-11-9-18(10-12-19)25(32(28,29)20-4-3-13-23-14-20)15-21(26)24-17-7-5-16(6-8-17)22(27)31-2/h3-14H,15H2,1-2H3,(H,24,26). The van der Waals surface area contributed by atoms with Crippen LogP contribution in [0.15, 0.2) is 78.0 Å². The van der Waals surface area contributed by atoms with Gasteiger partial charge in [0, 0.05) is 18.1 Å². The van der Waals surface area contributed by atoms with E-state index in [2.05, 4.69) is 15.0 Å². The summed E-state index contributed by atoms with van der Waals surface area (Å²) in [5, 5.41) is 2.63. The maximum absolute atomic E-state index is 13.3. The van der Waals surface area contributed by atoms with E-state index in [4.69, 9.17) is 4.74 Å². The van der Waals surface area contributed by atoms with Crippen molar-refractivity contribution >= 4 is 33.3 Å². The van der Waals surface area contributed by atoms with E-state index in [1.54, 1.807) is 24.3 Å². The highest BCUT2D eigenvalue weighted by molar-refractivity contribution is 7.92. The Balaban J connectivity index is 1.86. The Labute approximate surface area is 185 Å². The molecule has 1 amide bonds. The number of hydrogen-bond donors (Lipinski definition) is 1. The number of methoxy groups -OCH3 is 2. The fraction of sp³-hybridized carbons (Fsp3) is 0.136. The fourth-order valence-corrected chi connectivity index (χ4v) is 4.21. The normalized spacial score (nSPS) is 10.8. The minimum absolute atomic E-state index is 0.0500. The monoisotopic (exact) mass is 455 g/mol. The van der Waals surface area contributed by atoms with E-state index in [0.717, 1.165) is 4.31 Å². The zero-order valence-electron chi connectivity index (χ0n) is 17.4. The summed E-state index contributed by atoms with van der Waals surface area (Å²) in [6.45, 7) is -0.484. The molecular formula is C22H21N3O6S. The van der Waals surface area contributed by atoms with Gasteiger partial charge in [0.25, 0.3) is 10.0 Å². The summed E-state index contributed by atoms with van der Waals surface area (Å²) >= 11 is 0. The summed E-state index contributed by atoms with van der Waals surface area (Å²) in [6, 6.07) is 15.2. The first-order valence-electron chi connectivity index (χ1n) is 9.40. The van der Waals surface area contributed by atoms with Gasteiger partial charge in [0.1, 0.15) is 17.2 Å². The van der Waals surface area contributed by atoms with Gasteiger partial charge >= 0.3 is 5.97 Å². The van der Waals surface area contributed by atoms with Gasteiger partial charge in [-0.05, 0) is 60.7 Å². The Bertz CT molecular complexity index is 1180. The average molecular weight is 455 g/mol. The van der Waals surface area contributed by atoms with Crippen molar-refractivity contribution in [3.63, 3.8) is 0 Å². The zero-order chi connectivity index (χ0) is 23.1. The molecule has 1 N–H and O–H groups in total. The Morgan fingerprint density at radius 3 is 2.25 bits per heavy atom. The highest BCUT2D eigenvalue weighted by Crippen LogP contribution is 2.25. The third-order valence-corrected chi connectivity index (χ3v) is 6.22. The van der Waals surface area contributed by atoms with Gasteiger partial charge in [-0.2, -0.15) is 0 Å². The van der Waals surface area contributed by atoms with Gasteiger partial charge in [-0.3, -0.25) is 14.1 Å². The molecule has 166 valence electrons. The van der Waals surface area contributed by atoms with Gasteiger partial charge < -0.3 is 14.8 Å². The van der Waals surface area contributed by atoms with Crippen LogP contribution in [0.2, 0.25) is 0 Å². The number of amides is 1. The number of nitrogens with one attached hydrogen (secondary N) is 1. The summed E-state index contributed by atoms with van der Waals surface area (Å²) in [5.74, 6) is -0.530. The Morgan fingerprint density at radius 2 is 1.69 bits per heavy atom. The van der Waals surface area contributed by atoms with Crippen LogP contribution in [-0.4, -0.2) is 46.0 Å². The van der Waals surface area contributed by atoms with Crippen LogP contribution in [-0.2, 0) is 19.6 Å². The molecule has 0 radical (unpaired) electrons. The van der Waals surface area contributed by atoms with Crippen molar-refractivity contribution in [2.24, 2.45) is 0 Å². The molecule has 0 aliphatic rings. The molecule has 1 aromatic heterocycles. The summed E-state index contributed by atoms with van der Waals surface area (Å²) < 4.78 is 37.3. The number of esters is 1. The number of anilines is 2. The maximum atomic E-state index is 13.3. The third-order valence-electron chi connectivity index (χ3n) is 4.46. The Hall–Kier alpha value is -3.92. The summed E-state index contributed by atoms with van der Waals surface area (Å²) in [6.07, 6.45) is 2.68. The minimum atomic E-state index is -4.07. The molecule has 0 saturated heterocycles. The third kappa shape index (κ3) is 5.22. The van der Waals surface area contributed by atoms with Crippen molar-refractivity contribution in [1.29, 1.82) is 0 Å². The van der Waals surface area contributed by atoms with Crippen LogP contribution in [0.3, 0.4) is 0 Å². The first-order chi connectivity index (χ1) is 15.3. The predicted octanol–water partition coefficient (Wildman–Crippen LogP) is 2.71. The molecule has 1 heterocycles. The fourth-order valence-electron chi connectivity index (χ4n) is 2.83. The van der Waals surface area contributed by atoms with Crippen molar-refractivity contribution < 1.29 is 27.5 Å². The molecule has 0 saturated carbocycles. The Morgan fingerprint density at radius 1 is 1.00 bits per heavy atom. The molecule has 0 aliphatic heterocycles. The van der Waals surface area contributed by atoms with Crippen molar-refractivity contribution in [2.45, 2.75) is 4.90 Å². The van der Waals surface area contributed by atoms with Crippen molar-refractivity contribution in [2.75, 3.05) is 30.4 Å². The number of carbonyl (C=O) groups is 2. The number of ether oxygens (including phenoxy) is 2. The number of aromatic nitrogens is 1. The second kappa shape index (κ2) is 9.92. The van der Waals surface area contributed by atoms with E-state index in [1.165, 1.54) is 63.0 Å². The van der Waals surface area contributed by atoms with E-state index in [-0.39, 0.29) is 10.6 Å². The van der Waals surface area contributed by atoms with Gasteiger partial charge in [0.15, 0.2) is 0 Å². The van der Waals surface area contributed by atoms with Crippen LogP contribution in [0, 0.1) is 0 Å². The molecule has 10 heteroatoms. The lowest BCUT2D eigenvalue weighted by Gasteiger charge is -2.24. The molecular weight excluding hydrogens is 434 g/mol. The second-order valence-electron chi connectivity index (χ2n) is 6.52. The van der Waals surface area contributed by atoms with Crippen LogP contribution in [0.25, 0.3) is 0 Å². The quantitative estimate of drug-likeness (QED) is 0.519. The number of pyridine rings is 1. The molecule has 0 unspecified atom stereocenters. The van der Waals surface area contributed by atoms with Crippen molar-refractivity contribution in [1.82, 2.24) is 4.98 Å². The van der Waals surface area contributed by atoms with Gasteiger partial charge in [-0.15, -0.1) is 0 Å². The number of benzene rings is 2. The molecule has 32 heavy (non-hydrogen) atoms. The Kier molecular flexibility index (Phi) is 7.06. The molecule has 0 bridgehead atoms. The predicted molar refractivity (Wildman–Crippen MR) is 118 cm³/mol. The number of hydrogen-bond acceptors (Lipinski definition) is 7. The number of sulfonamides is 1. The summed E-state index contributed by atoms with van der Waals surface area (Å²) in [5.41, 5.74) is 1.01. The van der Waals surface area contributed by atoms with Crippen LogP contribution in [0.1, 0.15) is 10.4 Å². The highest BCUT2D eigenvalue weighted by atomic mass is 32.2. The first kappa shape index (κ1) is 22.8. The van der Waals surface area contributed by atoms with Crippen molar-refractivity contribution in [3.8, 4) is 5.75 Å². The highest BCUT2D eigenvalue weighted by Gasteiger charge is 2.27. The zero-order valence-corrected chi connectivity index (χ0v) is 18.2. The minimum Gasteiger partial charge on any atom is -0.497 e. The number of rotatable bonds is 8. The summed E-state index contributed by atoms with van der Waals surface area (Å²) in [4.78, 5) is 28.1. The molecule has 2 aromatic carbocycles. The van der Waals surface area contributed by atoms with Gasteiger partial charge in [0.05, 0.1) is 25.5 Å². The smallest absolute Gasteiger partial charge is 0.337 e. The van der Waals surface area contributed by atoms with Crippen LogP contribution in [0.4, 0.5) is 11.4 Å². The molecule has 9 nitrogen and oxygen atoms in total. The van der Waals surface area contributed by atoms with E-state index < -0.39 is 28.4 Å². The number of carbonyl (C=O) groups excluding carboxylic acids is 2. The molecule has 3 aromatic rings. The maximum Gasteiger partial charge on any atom is 0.337 e. The lowest BCUT2D eigenvalue weighted by molar-refractivity contribution is -0.114. The largest absolute Gasteiger partial charge is 0.497 e. The topological polar surface area (TPSA) is 115 Å². The van der Waals surface area contributed by atoms with Crippen LogP contribution >= 0.6 is 0 Å². The molecule has 0 atom stereocenters. The van der Waals surface area contributed by atoms with Crippen molar-refractivity contribution in [3.05, 3.63) is 78.6 Å². The molecule has 0 fully saturated rings. The van der Waals surface area contributed by atoms with E-state index in [0.29, 0.717) is 17.0 Å². The van der Waals surface area contributed by atoms with Crippen LogP contribution < -0.4 is 14.4 Å². The van der Waals surface area contributed by atoms with Gasteiger partial charge in [-0.25, -0.2) is 13.2 Å². The van der Waals surface area contributed by atoms with Gasteiger partial charge in [0.2, 0.25) is 5.91 Å². The van der Waals surface area contributed by atoms with E-state index >= 15 is 0 Å². The van der Waals surface area contributed by atoms with E-state index in [9.17, 15) is 18.0 Å². The average Bonchev–Trinajstić information content (AvgIpc) is 2.83. The van der Waals surface area contributed by atoms with Crippen LogP contribution in [0.5, 0.6) is 5.75 Å². The summed E-state index contributed by atoms with van der Waals surface area (Å²) in [7, 11) is -1.30. The SMILES string of the molecule is COC(=O)c1ccc(NC(=O)CN(c2ccc(OC)cc2)S(=O)(=O)c2cccnc2)cc1. The number of nitrogens with zero attached hydrogens (tertiary/aromatic N) is 2. The first-order valence-corrected chi connectivity index (χ1v) is 10.8. The molecule has 0 aliphatic carbocycles.